The van der Waals surface area contributed by atoms with Gasteiger partial charge in [0, 0.05) is 19.2 Å². The van der Waals surface area contributed by atoms with E-state index in [4.69, 9.17) is 0 Å². The van der Waals surface area contributed by atoms with E-state index in [1.807, 2.05) is 56.3 Å². The fourth-order valence-corrected chi connectivity index (χ4v) is 4.34. The SMILES string of the molecule is Cc1ccc(N(C)S(=O)(=O)c2cccc(C(=O)NCC(C)c3ccccc3)c2)cc1. The summed E-state index contributed by atoms with van der Waals surface area (Å²) in [5, 5.41) is 2.90. The van der Waals surface area contributed by atoms with Crippen LogP contribution >= 0.6 is 0 Å². The van der Waals surface area contributed by atoms with Crippen LogP contribution in [0.15, 0.2) is 83.8 Å². The normalized spacial score (nSPS) is 12.2. The third-order valence-corrected chi connectivity index (χ3v) is 6.87. The summed E-state index contributed by atoms with van der Waals surface area (Å²) in [6.07, 6.45) is 0. The van der Waals surface area contributed by atoms with Gasteiger partial charge in [-0.05, 0) is 48.7 Å². The van der Waals surface area contributed by atoms with Crippen molar-refractivity contribution in [1.82, 2.24) is 5.32 Å². The molecule has 5 nitrogen and oxygen atoms in total. The molecule has 0 aliphatic carbocycles. The number of hydrogen-bond donors (Lipinski definition) is 1. The Kier molecular flexibility index (Phi) is 6.57. The lowest BCUT2D eigenvalue weighted by Gasteiger charge is -2.20. The quantitative estimate of drug-likeness (QED) is 0.615. The van der Waals surface area contributed by atoms with Crippen LogP contribution < -0.4 is 9.62 Å². The van der Waals surface area contributed by atoms with Crippen molar-refractivity contribution in [1.29, 1.82) is 0 Å². The van der Waals surface area contributed by atoms with E-state index < -0.39 is 10.0 Å². The van der Waals surface area contributed by atoms with Gasteiger partial charge >= 0.3 is 0 Å². The second kappa shape index (κ2) is 9.13. The fourth-order valence-electron chi connectivity index (χ4n) is 3.10. The summed E-state index contributed by atoms with van der Waals surface area (Å²) in [4.78, 5) is 12.7. The summed E-state index contributed by atoms with van der Waals surface area (Å²) in [6, 6.07) is 23.3. The van der Waals surface area contributed by atoms with Gasteiger partial charge < -0.3 is 5.32 Å². The van der Waals surface area contributed by atoms with Crippen LogP contribution in [0.5, 0.6) is 0 Å². The van der Waals surface area contributed by atoms with Crippen molar-refractivity contribution >= 4 is 21.6 Å². The first kappa shape index (κ1) is 21.6. The minimum Gasteiger partial charge on any atom is -0.351 e. The van der Waals surface area contributed by atoms with Crippen LogP contribution in [0.3, 0.4) is 0 Å². The average molecular weight is 423 g/mol. The standard InChI is InChI=1S/C24H26N2O3S/c1-18-12-14-22(15-13-18)26(3)30(28,29)23-11-7-10-21(16-23)24(27)25-17-19(2)20-8-5-4-6-9-20/h4-16,19H,17H2,1-3H3,(H,25,27). The first-order valence-corrected chi connectivity index (χ1v) is 11.2. The van der Waals surface area contributed by atoms with Gasteiger partial charge in [0.25, 0.3) is 15.9 Å². The molecular formula is C24H26N2O3S. The molecule has 1 atom stereocenters. The summed E-state index contributed by atoms with van der Waals surface area (Å²) >= 11 is 0. The van der Waals surface area contributed by atoms with Gasteiger partial charge in [-0.2, -0.15) is 0 Å². The van der Waals surface area contributed by atoms with Gasteiger partial charge in [-0.1, -0.05) is 61.0 Å². The Morgan fingerprint density at radius 2 is 1.63 bits per heavy atom. The number of rotatable bonds is 7. The van der Waals surface area contributed by atoms with Gasteiger partial charge in [0.2, 0.25) is 0 Å². The lowest BCUT2D eigenvalue weighted by Crippen LogP contribution is -2.29. The molecule has 0 heterocycles. The number of anilines is 1. The number of carbonyl (C=O) groups excluding carboxylic acids is 1. The first-order valence-electron chi connectivity index (χ1n) is 9.78. The molecule has 0 bridgehead atoms. The number of hydrogen-bond acceptors (Lipinski definition) is 3. The number of nitrogens with zero attached hydrogens (tertiary/aromatic N) is 1. The van der Waals surface area contributed by atoms with Crippen LogP contribution in [0, 0.1) is 6.92 Å². The molecule has 3 rings (SSSR count). The Morgan fingerprint density at radius 3 is 2.30 bits per heavy atom. The predicted molar refractivity (Wildman–Crippen MR) is 120 cm³/mol. The van der Waals surface area contributed by atoms with Crippen molar-refractivity contribution in [2.45, 2.75) is 24.7 Å². The molecular weight excluding hydrogens is 396 g/mol. The number of amides is 1. The monoisotopic (exact) mass is 422 g/mol. The summed E-state index contributed by atoms with van der Waals surface area (Å²) in [5.41, 5.74) is 3.06. The molecule has 1 unspecified atom stereocenters. The van der Waals surface area contributed by atoms with E-state index in [9.17, 15) is 13.2 Å². The fraction of sp³-hybridized carbons (Fsp3) is 0.208. The maximum absolute atomic E-state index is 13.0. The number of nitrogens with one attached hydrogen (secondary N) is 1. The third kappa shape index (κ3) is 4.89. The Morgan fingerprint density at radius 1 is 0.967 bits per heavy atom. The molecule has 30 heavy (non-hydrogen) atoms. The van der Waals surface area contributed by atoms with E-state index >= 15 is 0 Å². The van der Waals surface area contributed by atoms with E-state index in [1.165, 1.54) is 23.5 Å². The molecule has 6 heteroatoms. The summed E-state index contributed by atoms with van der Waals surface area (Å²) < 4.78 is 27.3. The Labute approximate surface area is 178 Å². The van der Waals surface area contributed by atoms with Gasteiger partial charge in [0.1, 0.15) is 0 Å². The maximum Gasteiger partial charge on any atom is 0.264 e. The number of carbonyl (C=O) groups is 1. The van der Waals surface area contributed by atoms with Gasteiger partial charge in [0.05, 0.1) is 10.6 Å². The Bertz CT molecular complexity index is 1110. The summed E-state index contributed by atoms with van der Waals surface area (Å²) in [5.74, 6) is -0.150. The van der Waals surface area contributed by atoms with Crippen LogP contribution in [0.4, 0.5) is 5.69 Å². The summed E-state index contributed by atoms with van der Waals surface area (Å²) in [6.45, 7) is 4.44. The second-order valence-electron chi connectivity index (χ2n) is 7.36. The summed E-state index contributed by atoms with van der Waals surface area (Å²) in [7, 11) is -2.27. The van der Waals surface area contributed by atoms with Gasteiger partial charge in [0.15, 0.2) is 0 Å². The molecule has 0 saturated carbocycles. The molecule has 0 aliphatic heterocycles. The molecule has 0 aliphatic rings. The highest BCUT2D eigenvalue weighted by molar-refractivity contribution is 7.92. The lowest BCUT2D eigenvalue weighted by atomic mass is 10.0. The smallest absolute Gasteiger partial charge is 0.264 e. The van der Waals surface area contributed by atoms with Gasteiger partial charge in [-0.15, -0.1) is 0 Å². The molecule has 0 radical (unpaired) electrons. The van der Waals surface area contributed by atoms with Crippen LogP contribution in [0.25, 0.3) is 0 Å². The van der Waals surface area contributed by atoms with Crippen LogP contribution in [-0.2, 0) is 10.0 Å². The molecule has 1 N–H and O–H groups in total. The molecule has 156 valence electrons. The molecule has 0 aromatic heterocycles. The zero-order valence-electron chi connectivity index (χ0n) is 17.4. The maximum atomic E-state index is 13.0. The van der Waals surface area contributed by atoms with E-state index in [2.05, 4.69) is 5.32 Å². The molecule has 0 spiro atoms. The topological polar surface area (TPSA) is 66.5 Å². The van der Waals surface area contributed by atoms with Crippen LogP contribution in [0.1, 0.15) is 34.3 Å². The average Bonchev–Trinajstić information content (AvgIpc) is 2.78. The second-order valence-corrected chi connectivity index (χ2v) is 9.33. The minimum absolute atomic E-state index is 0.0781. The van der Waals surface area contributed by atoms with Gasteiger partial charge in [-0.25, -0.2) is 8.42 Å². The highest BCUT2D eigenvalue weighted by Crippen LogP contribution is 2.23. The number of benzene rings is 3. The van der Waals surface area contributed by atoms with Crippen molar-refractivity contribution < 1.29 is 13.2 Å². The minimum atomic E-state index is -3.78. The van der Waals surface area contributed by atoms with E-state index in [1.54, 1.807) is 24.3 Å². The van der Waals surface area contributed by atoms with E-state index in [-0.39, 0.29) is 16.7 Å². The number of sulfonamides is 1. The van der Waals surface area contributed by atoms with Crippen molar-refractivity contribution in [2.24, 2.45) is 0 Å². The molecule has 3 aromatic carbocycles. The van der Waals surface area contributed by atoms with Crippen LogP contribution in [-0.4, -0.2) is 27.9 Å². The highest BCUT2D eigenvalue weighted by Gasteiger charge is 2.22. The van der Waals surface area contributed by atoms with Crippen molar-refractivity contribution in [3.8, 4) is 0 Å². The van der Waals surface area contributed by atoms with Crippen LogP contribution in [0.2, 0.25) is 0 Å². The van der Waals surface area contributed by atoms with Crippen molar-refractivity contribution in [3.63, 3.8) is 0 Å². The lowest BCUT2D eigenvalue weighted by molar-refractivity contribution is 0.0951. The predicted octanol–water partition coefficient (Wildman–Crippen LogP) is 4.35. The zero-order valence-corrected chi connectivity index (χ0v) is 18.2. The molecule has 3 aromatic rings. The third-order valence-electron chi connectivity index (χ3n) is 5.09. The van der Waals surface area contributed by atoms with E-state index in [0.717, 1.165) is 11.1 Å². The molecule has 0 fully saturated rings. The van der Waals surface area contributed by atoms with Crippen molar-refractivity contribution in [3.05, 3.63) is 95.6 Å². The van der Waals surface area contributed by atoms with Gasteiger partial charge in [-0.3, -0.25) is 9.10 Å². The molecule has 0 saturated heterocycles. The Balaban J connectivity index is 1.74. The van der Waals surface area contributed by atoms with Crippen molar-refractivity contribution in [2.75, 3.05) is 17.9 Å². The largest absolute Gasteiger partial charge is 0.351 e. The number of aryl methyl sites for hydroxylation is 1. The van der Waals surface area contributed by atoms with E-state index in [0.29, 0.717) is 17.8 Å². The molecule has 1 amide bonds. The Hall–Kier alpha value is -3.12. The zero-order chi connectivity index (χ0) is 21.7. The highest BCUT2D eigenvalue weighted by atomic mass is 32.2. The first-order chi connectivity index (χ1) is 14.3.